The highest BCUT2D eigenvalue weighted by Crippen LogP contribution is 2.33. The SMILES string of the molecule is CCCC(NC(=O)Oc1cnc2ccccc2n1)C(=O)N1CCC2C1C(=O)CN2S(=O)(=O)Cc1cccnc1. The van der Waals surface area contributed by atoms with Gasteiger partial charge in [0, 0.05) is 18.9 Å². The summed E-state index contributed by atoms with van der Waals surface area (Å²) in [4.78, 5) is 53.0. The summed E-state index contributed by atoms with van der Waals surface area (Å²) >= 11 is 0. The average Bonchev–Trinajstić information content (AvgIpc) is 3.50. The zero-order valence-corrected chi connectivity index (χ0v) is 22.1. The van der Waals surface area contributed by atoms with Crippen molar-refractivity contribution in [2.75, 3.05) is 13.1 Å². The molecule has 204 valence electrons. The molecule has 12 nitrogen and oxygen atoms in total. The Morgan fingerprint density at radius 3 is 2.69 bits per heavy atom. The lowest BCUT2D eigenvalue weighted by atomic mass is 10.1. The number of fused-ring (bicyclic) bond motifs is 2. The van der Waals surface area contributed by atoms with Crippen LogP contribution < -0.4 is 10.1 Å². The molecule has 4 heterocycles. The number of ketones is 1. The summed E-state index contributed by atoms with van der Waals surface area (Å²) in [6, 6.07) is 7.93. The Morgan fingerprint density at radius 1 is 1.15 bits per heavy atom. The Hall–Kier alpha value is -3.97. The van der Waals surface area contributed by atoms with E-state index in [1.54, 1.807) is 36.5 Å². The smallest absolute Gasteiger partial charge is 0.390 e. The molecule has 3 aromatic rings. The second kappa shape index (κ2) is 11.0. The number of para-hydroxylation sites is 2. The van der Waals surface area contributed by atoms with E-state index in [1.165, 1.54) is 21.6 Å². The summed E-state index contributed by atoms with van der Waals surface area (Å²) < 4.78 is 32.8. The van der Waals surface area contributed by atoms with Crippen molar-refractivity contribution in [2.45, 2.75) is 50.1 Å². The van der Waals surface area contributed by atoms with Crippen LogP contribution in [0.2, 0.25) is 0 Å². The number of likely N-dealkylation sites (tertiary alicyclic amines) is 1. The van der Waals surface area contributed by atoms with Crippen molar-refractivity contribution >= 4 is 38.8 Å². The normalized spacial score (nSPS) is 20.1. The Morgan fingerprint density at radius 2 is 1.95 bits per heavy atom. The maximum absolute atomic E-state index is 13.5. The molecule has 0 radical (unpaired) electrons. The fourth-order valence-corrected chi connectivity index (χ4v) is 6.88. The lowest BCUT2D eigenvalue weighted by Crippen LogP contribution is -2.53. The molecule has 0 spiro atoms. The quantitative estimate of drug-likeness (QED) is 0.440. The molecule has 5 rings (SSSR count). The van der Waals surface area contributed by atoms with Crippen molar-refractivity contribution in [3.63, 3.8) is 0 Å². The number of amides is 2. The van der Waals surface area contributed by atoms with Gasteiger partial charge in [0.15, 0.2) is 5.78 Å². The first-order valence-corrected chi connectivity index (χ1v) is 14.3. The molecule has 3 atom stereocenters. The molecular weight excluding hydrogens is 524 g/mol. The fourth-order valence-electron chi connectivity index (χ4n) is 5.16. The highest BCUT2D eigenvalue weighted by atomic mass is 32.2. The fraction of sp³-hybridized carbons (Fsp3) is 0.385. The first-order chi connectivity index (χ1) is 18.8. The minimum Gasteiger partial charge on any atom is -0.390 e. The number of nitrogens with one attached hydrogen (secondary N) is 1. The van der Waals surface area contributed by atoms with Crippen LogP contribution in [0.25, 0.3) is 11.0 Å². The van der Waals surface area contributed by atoms with Gasteiger partial charge in [-0.05, 0) is 36.6 Å². The third kappa shape index (κ3) is 5.59. The number of benzene rings is 1. The van der Waals surface area contributed by atoms with Crippen molar-refractivity contribution in [1.29, 1.82) is 0 Å². The van der Waals surface area contributed by atoms with Crippen molar-refractivity contribution in [3.8, 4) is 5.88 Å². The van der Waals surface area contributed by atoms with E-state index in [2.05, 4.69) is 20.3 Å². The van der Waals surface area contributed by atoms with E-state index in [1.807, 2.05) is 13.0 Å². The number of hydrogen-bond acceptors (Lipinski definition) is 9. The molecule has 2 aromatic heterocycles. The minimum atomic E-state index is -3.82. The lowest BCUT2D eigenvalue weighted by Gasteiger charge is -2.28. The van der Waals surface area contributed by atoms with Crippen LogP contribution in [0.4, 0.5) is 4.79 Å². The van der Waals surface area contributed by atoms with Gasteiger partial charge in [0.05, 0.1) is 35.6 Å². The molecule has 2 aliphatic heterocycles. The molecule has 2 saturated heterocycles. The zero-order valence-electron chi connectivity index (χ0n) is 21.3. The minimum absolute atomic E-state index is 0.0180. The predicted molar refractivity (Wildman–Crippen MR) is 140 cm³/mol. The summed E-state index contributed by atoms with van der Waals surface area (Å²) in [7, 11) is -3.82. The predicted octanol–water partition coefficient (Wildman–Crippen LogP) is 1.67. The molecule has 2 amide bonds. The van der Waals surface area contributed by atoms with Gasteiger partial charge in [-0.2, -0.15) is 4.31 Å². The first kappa shape index (κ1) is 26.6. The maximum Gasteiger partial charge on any atom is 0.414 e. The summed E-state index contributed by atoms with van der Waals surface area (Å²) in [5.41, 5.74) is 1.71. The molecular formula is C26H28N6O6S. The summed E-state index contributed by atoms with van der Waals surface area (Å²) in [5, 5.41) is 2.59. The van der Waals surface area contributed by atoms with Gasteiger partial charge in [-0.1, -0.05) is 31.5 Å². The molecule has 13 heteroatoms. The van der Waals surface area contributed by atoms with Gasteiger partial charge in [-0.15, -0.1) is 0 Å². The highest BCUT2D eigenvalue weighted by molar-refractivity contribution is 7.88. The molecule has 2 fully saturated rings. The van der Waals surface area contributed by atoms with E-state index in [0.717, 1.165) is 0 Å². The monoisotopic (exact) mass is 552 g/mol. The number of ether oxygens (including phenoxy) is 1. The molecule has 1 aromatic carbocycles. The molecule has 3 unspecified atom stereocenters. The summed E-state index contributed by atoms with van der Waals surface area (Å²) in [6.45, 7) is 1.77. The maximum atomic E-state index is 13.5. The third-order valence-corrected chi connectivity index (χ3v) is 8.69. The number of pyridine rings is 1. The Bertz CT molecular complexity index is 1500. The third-order valence-electron chi connectivity index (χ3n) is 6.88. The topological polar surface area (TPSA) is 152 Å². The molecule has 0 saturated carbocycles. The Kier molecular flexibility index (Phi) is 7.53. The van der Waals surface area contributed by atoms with E-state index >= 15 is 0 Å². The van der Waals surface area contributed by atoms with Gasteiger partial charge in [0.1, 0.15) is 12.1 Å². The number of rotatable bonds is 8. The van der Waals surface area contributed by atoms with E-state index in [0.29, 0.717) is 35.9 Å². The van der Waals surface area contributed by atoms with Gasteiger partial charge in [-0.3, -0.25) is 14.6 Å². The van der Waals surface area contributed by atoms with Crippen LogP contribution in [0.15, 0.2) is 55.0 Å². The number of nitrogens with zero attached hydrogens (tertiary/aromatic N) is 5. The van der Waals surface area contributed by atoms with Crippen LogP contribution in [-0.4, -0.2) is 81.6 Å². The molecule has 1 N–H and O–H groups in total. The van der Waals surface area contributed by atoms with Gasteiger partial charge in [0.25, 0.3) is 0 Å². The second-order valence-corrected chi connectivity index (χ2v) is 11.5. The van der Waals surface area contributed by atoms with Crippen LogP contribution in [0.3, 0.4) is 0 Å². The number of Topliss-reactive ketones (excluding diaryl/α,β-unsaturated/α-hetero) is 1. The van der Waals surface area contributed by atoms with Crippen molar-refractivity contribution < 1.29 is 27.5 Å². The zero-order chi connectivity index (χ0) is 27.6. The first-order valence-electron chi connectivity index (χ1n) is 12.7. The molecule has 2 aliphatic rings. The summed E-state index contributed by atoms with van der Waals surface area (Å²) in [5.74, 6) is -1.10. The Balaban J connectivity index is 1.27. The average molecular weight is 553 g/mol. The van der Waals surface area contributed by atoms with Gasteiger partial charge in [-0.25, -0.2) is 23.2 Å². The number of carbonyl (C=O) groups is 3. The molecule has 0 aliphatic carbocycles. The lowest BCUT2D eigenvalue weighted by molar-refractivity contribution is -0.138. The summed E-state index contributed by atoms with van der Waals surface area (Å²) in [6.07, 6.45) is 4.68. The van der Waals surface area contributed by atoms with Crippen LogP contribution >= 0.6 is 0 Å². The molecule has 39 heavy (non-hydrogen) atoms. The van der Waals surface area contributed by atoms with Gasteiger partial charge < -0.3 is 15.0 Å². The number of aromatic nitrogens is 3. The Labute approximate surface area is 225 Å². The van der Waals surface area contributed by atoms with Crippen molar-refractivity contribution in [2.24, 2.45) is 0 Å². The van der Waals surface area contributed by atoms with E-state index in [4.69, 9.17) is 4.74 Å². The standard InChI is InChI=1S/C26H28N6O6S/c1-2-6-20(30-26(35)38-23-14-28-18-8-3-4-9-19(18)29-23)25(34)31-12-10-21-24(31)22(33)15-32(21)39(36,37)16-17-7-5-11-27-13-17/h3-5,7-9,11,13-14,20-21,24H,2,6,10,12,15-16H2,1H3,(H,30,35). The van der Waals surface area contributed by atoms with E-state index in [-0.39, 0.29) is 30.5 Å². The van der Waals surface area contributed by atoms with Crippen molar-refractivity contribution in [1.82, 2.24) is 29.5 Å². The second-order valence-electron chi connectivity index (χ2n) is 9.53. The number of carbonyl (C=O) groups excluding carboxylic acids is 3. The van der Waals surface area contributed by atoms with Crippen LogP contribution in [0, 0.1) is 0 Å². The van der Waals surface area contributed by atoms with Crippen LogP contribution in [0.1, 0.15) is 31.7 Å². The molecule has 0 bridgehead atoms. The van der Waals surface area contributed by atoms with Crippen LogP contribution in [0.5, 0.6) is 5.88 Å². The number of hydrogen-bond donors (Lipinski definition) is 1. The van der Waals surface area contributed by atoms with Crippen LogP contribution in [-0.2, 0) is 25.4 Å². The largest absolute Gasteiger partial charge is 0.414 e. The number of sulfonamides is 1. The highest BCUT2D eigenvalue weighted by Gasteiger charge is 2.54. The van der Waals surface area contributed by atoms with Gasteiger partial charge >= 0.3 is 6.09 Å². The van der Waals surface area contributed by atoms with Crippen molar-refractivity contribution in [3.05, 3.63) is 60.6 Å². The van der Waals surface area contributed by atoms with Gasteiger partial charge in [0.2, 0.25) is 21.8 Å². The van der Waals surface area contributed by atoms with E-state index < -0.39 is 40.1 Å². The van der Waals surface area contributed by atoms with E-state index in [9.17, 15) is 22.8 Å².